The first kappa shape index (κ1) is 16.6. The van der Waals surface area contributed by atoms with E-state index in [1.54, 1.807) is 23.1 Å². The van der Waals surface area contributed by atoms with Crippen molar-refractivity contribution in [2.45, 2.75) is 32.2 Å². The fraction of sp³-hybridized carbons (Fsp3) is 0.412. The van der Waals surface area contributed by atoms with Gasteiger partial charge in [0.05, 0.1) is 0 Å². The van der Waals surface area contributed by atoms with Crippen molar-refractivity contribution in [3.8, 4) is 0 Å². The maximum absolute atomic E-state index is 12.3. The molecule has 1 atom stereocenters. The Balaban J connectivity index is 1.93. The molecule has 1 aromatic carbocycles. The summed E-state index contributed by atoms with van der Waals surface area (Å²) in [6, 6.07) is 7.42. The largest absolute Gasteiger partial charge is 0.352 e. The number of likely N-dealkylation sites (tertiary alicyclic amines) is 1. The molecule has 1 aromatic rings. The summed E-state index contributed by atoms with van der Waals surface area (Å²) in [6.45, 7) is 3.14. The SMILES string of the molecule is CCC(=O)N[C@H]1CCCN(C(=O)/C=C/c2cccc(Cl)c2)C1. The van der Waals surface area contributed by atoms with Gasteiger partial charge in [-0.15, -0.1) is 0 Å². The molecule has 4 nitrogen and oxygen atoms in total. The minimum absolute atomic E-state index is 0.0320. The number of nitrogens with one attached hydrogen (secondary N) is 1. The molecule has 0 aromatic heterocycles. The van der Waals surface area contributed by atoms with Gasteiger partial charge in [-0.05, 0) is 36.6 Å². The van der Waals surface area contributed by atoms with Gasteiger partial charge >= 0.3 is 0 Å². The Kier molecular flexibility index (Phi) is 6.01. The molecule has 2 amide bonds. The van der Waals surface area contributed by atoms with Crippen molar-refractivity contribution in [1.29, 1.82) is 0 Å². The highest BCUT2D eigenvalue weighted by molar-refractivity contribution is 6.30. The van der Waals surface area contributed by atoms with Crippen LogP contribution in [0.5, 0.6) is 0 Å². The second-order valence-corrected chi connectivity index (χ2v) is 5.87. The summed E-state index contributed by atoms with van der Waals surface area (Å²) in [7, 11) is 0. The zero-order valence-corrected chi connectivity index (χ0v) is 13.5. The molecule has 0 bridgehead atoms. The lowest BCUT2D eigenvalue weighted by atomic mass is 10.1. The molecule has 0 radical (unpaired) electrons. The molecule has 1 aliphatic rings. The molecule has 22 heavy (non-hydrogen) atoms. The highest BCUT2D eigenvalue weighted by atomic mass is 35.5. The van der Waals surface area contributed by atoms with Crippen LogP contribution in [-0.2, 0) is 9.59 Å². The highest BCUT2D eigenvalue weighted by Crippen LogP contribution is 2.14. The summed E-state index contributed by atoms with van der Waals surface area (Å²) < 4.78 is 0. The number of carbonyl (C=O) groups excluding carboxylic acids is 2. The van der Waals surface area contributed by atoms with Crippen molar-refractivity contribution >= 4 is 29.5 Å². The zero-order valence-electron chi connectivity index (χ0n) is 12.7. The highest BCUT2D eigenvalue weighted by Gasteiger charge is 2.23. The first-order chi connectivity index (χ1) is 10.6. The maximum atomic E-state index is 12.3. The van der Waals surface area contributed by atoms with Crippen molar-refractivity contribution in [2.75, 3.05) is 13.1 Å². The molecule has 1 fully saturated rings. The Morgan fingerprint density at radius 2 is 2.27 bits per heavy atom. The number of rotatable bonds is 4. The first-order valence-electron chi connectivity index (χ1n) is 7.60. The van der Waals surface area contributed by atoms with Gasteiger partial charge in [0.1, 0.15) is 0 Å². The average molecular weight is 321 g/mol. The van der Waals surface area contributed by atoms with E-state index in [9.17, 15) is 9.59 Å². The Morgan fingerprint density at radius 1 is 1.45 bits per heavy atom. The Morgan fingerprint density at radius 3 is 3.00 bits per heavy atom. The standard InChI is InChI=1S/C17H21ClN2O2/c1-2-16(21)19-15-7-4-10-20(12-15)17(22)9-8-13-5-3-6-14(18)11-13/h3,5-6,8-9,11,15H,2,4,7,10,12H2,1H3,(H,19,21)/b9-8+/t15-/m0/s1. The van der Waals surface area contributed by atoms with Crippen LogP contribution in [0.15, 0.2) is 30.3 Å². The zero-order chi connectivity index (χ0) is 15.9. The first-order valence-corrected chi connectivity index (χ1v) is 7.98. The summed E-state index contributed by atoms with van der Waals surface area (Å²) in [5.41, 5.74) is 0.897. The van der Waals surface area contributed by atoms with E-state index in [2.05, 4.69) is 5.32 Å². The summed E-state index contributed by atoms with van der Waals surface area (Å²) in [4.78, 5) is 25.5. The lowest BCUT2D eigenvalue weighted by Crippen LogP contribution is -2.49. The van der Waals surface area contributed by atoms with Gasteiger partial charge in [-0.25, -0.2) is 0 Å². The fourth-order valence-corrected chi connectivity index (χ4v) is 2.71. The van der Waals surface area contributed by atoms with Crippen LogP contribution < -0.4 is 5.32 Å². The predicted molar refractivity (Wildman–Crippen MR) is 88.5 cm³/mol. The lowest BCUT2D eigenvalue weighted by Gasteiger charge is -2.32. The molecule has 1 N–H and O–H groups in total. The number of nitrogens with zero attached hydrogens (tertiary/aromatic N) is 1. The Bertz CT molecular complexity index is 572. The van der Waals surface area contributed by atoms with Crippen LogP contribution in [-0.4, -0.2) is 35.8 Å². The molecule has 118 valence electrons. The third-order valence-corrected chi connectivity index (χ3v) is 3.92. The van der Waals surface area contributed by atoms with Gasteiger partial charge in [0, 0.05) is 36.7 Å². The molecule has 5 heteroatoms. The normalized spacial score (nSPS) is 18.5. The summed E-state index contributed by atoms with van der Waals surface area (Å²) >= 11 is 5.92. The molecule has 1 saturated heterocycles. The Hall–Kier alpha value is -1.81. The number of benzene rings is 1. The number of amides is 2. The van der Waals surface area contributed by atoms with Gasteiger partial charge in [-0.1, -0.05) is 30.7 Å². The number of hydrogen-bond donors (Lipinski definition) is 1. The monoisotopic (exact) mass is 320 g/mol. The number of carbonyl (C=O) groups is 2. The van der Waals surface area contributed by atoms with E-state index in [0.717, 1.165) is 24.9 Å². The molecule has 1 heterocycles. The molecule has 2 rings (SSSR count). The quantitative estimate of drug-likeness (QED) is 0.867. The second kappa shape index (κ2) is 7.99. The third-order valence-electron chi connectivity index (χ3n) is 3.69. The van der Waals surface area contributed by atoms with Gasteiger partial charge in [0.25, 0.3) is 0 Å². The van der Waals surface area contributed by atoms with Crippen LogP contribution in [0.25, 0.3) is 6.08 Å². The number of piperidine rings is 1. The molecule has 0 unspecified atom stereocenters. The lowest BCUT2D eigenvalue weighted by molar-refractivity contribution is -0.129. The van der Waals surface area contributed by atoms with Crippen LogP contribution in [0.2, 0.25) is 5.02 Å². The average Bonchev–Trinajstić information content (AvgIpc) is 2.53. The van der Waals surface area contributed by atoms with E-state index in [0.29, 0.717) is 18.0 Å². The van der Waals surface area contributed by atoms with Gasteiger partial charge in [0.15, 0.2) is 0 Å². The van der Waals surface area contributed by atoms with Crippen molar-refractivity contribution in [2.24, 2.45) is 0 Å². The molecule has 0 spiro atoms. The van der Waals surface area contributed by atoms with Gasteiger partial charge < -0.3 is 10.2 Å². The number of halogens is 1. The molecular weight excluding hydrogens is 300 g/mol. The minimum Gasteiger partial charge on any atom is -0.352 e. The van der Waals surface area contributed by atoms with Gasteiger partial charge in [-0.2, -0.15) is 0 Å². The number of hydrogen-bond acceptors (Lipinski definition) is 2. The summed E-state index contributed by atoms with van der Waals surface area (Å²) in [6.07, 6.45) is 5.64. The van der Waals surface area contributed by atoms with Gasteiger partial charge in [0.2, 0.25) is 11.8 Å². The molecule has 1 aliphatic heterocycles. The fourth-order valence-electron chi connectivity index (χ4n) is 2.51. The van der Waals surface area contributed by atoms with Gasteiger partial charge in [-0.3, -0.25) is 9.59 Å². The van der Waals surface area contributed by atoms with E-state index in [1.165, 1.54) is 0 Å². The van der Waals surface area contributed by atoms with Crippen LogP contribution in [0.3, 0.4) is 0 Å². The van der Waals surface area contributed by atoms with E-state index in [1.807, 2.05) is 25.1 Å². The summed E-state index contributed by atoms with van der Waals surface area (Å²) in [5, 5.41) is 3.61. The Labute approximate surface area is 136 Å². The van der Waals surface area contributed by atoms with Crippen molar-refractivity contribution < 1.29 is 9.59 Å². The minimum atomic E-state index is -0.0320. The van der Waals surface area contributed by atoms with Crippen molar-refractivity contribution in [3.05, 3.63) is 40.9 Å². The molecule has 0 saturated carbocycles. The van der Waals surface area contributed by atoms with Crippen molar-refractivity contribution in [3.63, 3.8) is 0 Å². The summed E-state index contributed by atoms with van der Waals surface area (Å²) in [5.74, 6) is 0.00388. The molecule has 0 aliphatic carbocycles. The second-order valence-electron chi connectivity index (χ2n) is 5.43. The van der Waals surface area contributed by atoms with Crippen LogP contribution in [0, 0.1) is 0 Å². The molecular formula is C17H21ClN2O2. The topological polar surface area (TPSA) is 49.4 Å². The van der Waals surface area contributed by atoms with E-state index in [4.69, 9.17) is 11.6 Å². The van der Waals surface area contributed by atoms with E-state index in [-0.39, 0.29) is 17.9 Å². The van der Waals surface area contributed by atoms with Crippen LogP contribution >= 0.6 is 11.6 Å². The van der Waals surface area contributed by atoms with E-state index < -0.39 is 0 Å². The predicted octanol–water partition coefficient (Wildman–Crippen LogP) is 2.87. The van der Waals surface area contributed by atoms with Crippen molar-refractivity contribution in [1.82, 2.24) is 10.2 Å². The van der Waals surface area contributed by atoms with Crippen LogP contribution in [0.4, 0.5) is 0 Å². The third kappa shape index (κ3) is 4.88. The van der Waals surface area contributed by atoms with E-state index >= 15 is 0 Å². The van der Waals surface area contributed by atoms with Crippen LogP contribution in [0.1, 0.15) is 31.7 Å². The maximum Gasteiger partial charge on any atom is 0.246 e. The smallest absolute Gasteiger partial charge is 0.246 e.